The van der Waals surface area contributed by atoms with E-state index in [2.05, 4.69) is 0 Å². The van der Waals surface area contributed by atoms with Crippen LogP contribution in [-0.2, 0) is 10.0 Å². The second-order valence-electron chi connectivity index (χ2n) is 4.06. The molecule has 1 heterocycles. The van der Waals surface area contributed by atoms with E-state index in [9.17, 15) is 8.42 Å². The zero-order chi connectivity index (χ0) is 14.6. The van der Waals surface area contributed by atoms with E-state index in [-0.39, 0.29) is 13.2 Å². The summed E-state index contributed by atoms with van der Waals surface area (Å²) in [5.41, 5.74) is 0. The third-order valence-corrected chi connectivity index (χ3v) is 6.13. The second kappa shape index (κ2) is 6.58. The zero-order valence-corrected chi connectivity index (χ0v) is 13.2. The van der Waals surface area contributed by atoms with Crippen molar-refractivity contribution in [3.63, 3.8) is 0 Å². The van der Waals surface area contributed by atoms with Gasteiger partial charge in [-0.1, -0.05) is 17.7 Å². The summed E-state index contributed by atoms with van der Waals surface area (Å²) in [6, 6.07) is 10.3. The van der Waals surface area contributed by atoms with Crippen LogP contribution in [0.1, 0.15) is 0 Å². The molecule has 0 fully saturated rings. The molecule has 0 spiro atoms. The molecule has 7 heteroatoms. The van der Waals surface area contributed by atoms with Gasteiger partial charge in [0.05, 0.1) is 0 Å². The van der Waals surface area contributed by atoms with Crippen molar-refractivity contribution < 1.29 is 13.2 Å². The van der Waals surface area contributed by atoms with E-state index in [0.717, 1.165) is 0 Å². The molecule has 1 aromatic heterocycles. The molecule has 0 unspecified atom stereocenters. The fraction of sp³-hybridized carbons (Fsp3) is 0.231. The average molecular weight is 332 g/mol. The van der Waals surface area contributed by atoms with Gasteiger partial charge in [-0.2, -0.15) is 4.31 Å². The van der Waals surface area contributed by atoms with Gasteiger partial charge in [0.15, 0.2) is 0 Å². The first kappa shape index (κ1) is 15.3. The Morgan fingerprint density at radius 1 is 1.25 bits per heavy atom. The van der Waals surface area contributed by atoms with Crippen LogP contribution >= 0.6 is 22.9 Å². The maximum Gasteiger partial charge on any atom is 0.252 e. The summed E-state index contributed by atoms with van der Waals surface area (Å²) in [6.07, 6.45) is 0. The van der Waals surface area contributed by atoms with Crippen LogP contribution in [0.3, 0.4) is 0 Å². The molecule has 2 rings (SSSR count). The molecule has 0 aliphatic rings. The van der Waals surface area contributed by atoms with Gasteiger partial charge in [-0.15, -0.1) is 11.3 Å². The lowest BCUT2D eigenvalue weighted by Gasteiger charge is -2.16. The quantitative estimate of drug-likeness (QED) is 0.817. The maximum absolute atomic E-state index is 12.1. The number of hydrogen-bond acceptors (Lipinski definition) is 4. The van der Waals surface area contributed by atoms with Crippen molar-refractivity contribution in [1.82, 2.24) is 4.31 Å². The topological polar surface area (TPSA) is 46.6 Å². The molecule has 1 aromatic carbocycles. The van der Waals surface area contributed by atoms with Crippen molar-refractivity contribution in [2.75, 3.05) is 20.2 Å². The molecule has 0 atom stereocenters. The monoisotopic (exact) mass is 331 g/mol. The number of rotatable bonds is 6. The zero-order valence-electron chi connectivity index (χ0n) is 10.8. The van der Waals surface area contributed by atoms with Crippen molar-refractivity contribution in [2.45, 2.75) is 4.21 Å². The highest BCUT2D eigenvalue weighted by Crippen LogP contribution is 2.20. The molecule has 2 aromatic rings. The van der Waals surface area contributed by atoms with E-state index in [1.807, 2.05) is 0 Å². The SMILES string of the molecule is CN(CCOc1ccc(Cl)cc1)S(=O)(=O)c1cccs1. The van der Waals surface area contributed by atoms with Crippen molar-refractivity contribution in [2.24, 2.45) is 0 Å². The molecule has 0 N–H and O–H groups in total. The number of nitrogens with zero attached hydrogens (tertiary/aromatic N) is 1. The first-order chi connectivity index (χ1) is 9.50. The number of sulfonamides is 1. The van der Waals surface area contributed by atoms with Crippen LogP contribution in [-0.4, -0.2) is 32.9 Å². The molecule has 0 saturated carbocycles. The van der Waals surface area contributed by atoms with Crippen LogP contribution in [0.4, 0.5) is 0 Å². The maximum atomic E-state index is 12.1. The standard InChI is InChI=1S/C13H14ClNO3S2/c1-15(20(16,17)13-3-2-10-19-13)8-9-18-12-6-4-11(14)5-7-12/h2-7,10H,8-9H2,1H3. The van der Waals surface area contributed by atoms with Gasteiger partial charge >= 0.3 is 0 Å². The van der Waals surface area contributed by atoms with Crippen molar-refractivity contribution in [3.8, 4) is 5.75 Å². The van der Waals surface area contributed by atoms with E-state index in [1.54, 1.807) is 48.8 Å². The van der Waals surface area contributed by atoms with E-state index < -0.39 is 10.0 Å². The summed E-state index contributed by atoms with van der Waals surface area (Å²) in [7, 11) is -1.86. The summed E-state index contributed by atoms with van der Waals surface area (Å²) in [6.45, 7) is 0.561. The van der Waals surface area contributed by atoms with Crippen molar-refractivity contribution in [1.29, 1.82) is 0 Å². The second-order valence-corrected chi connectivity index (χ2v) is 7.72. The minimum atomic E-state index is -3.41. The molecule has 108 valence electrons. The molecule has 0 aliphatic carbocycles. The molecular formula is C13H14ClNO3S2. The van der Waals surface area contributed by atoms with E-state index in [1.165, 1.54) is 15.6 Å². The summed E-state index contributed by atoms with van der Waals surface area (Å²) >= 11 is 6.98. The Hall–Kier alpha value is -1.08. The summed E-state index contributed by atoms with van der Waals surface area (Å²) < 4.78 is 31.4. The number of benzene rings is 1. The van der Waals surface area contributed by atoms with Crippen LogP contribution in [0.5, 0.6) is 5.75 Å². The Bertz CT molecular complexity index is 639. The van der Waals surface area contributed by atoms with Crippen LogP contribution in [0.2, 0.25) is 5.02 Å². The predicted molar refractivity (Wildman–Crippen MR) is 81.1 cm³/mol. The number of thiophene rings is 1. The molecule has 20 heavy (non-hydrogen) atoms. The highest BCUT2D eigenvalue weighted by atomic mass is 35.5. The third-order valence-electron chi connectivity index (χ3n) is 2.65. The molecule has 0 amide bonds. The lowest BCUT2D eigenvalue weighted by molar-refractivity contribution is 0.287. The van der Waals surface area contributed by atoms with Gasteiger partial charge in [-0.25, -0.2) is 8.42 Å². The first-order valence-corrected chi connectivity index (χ1v) is 8.58. The summed E-state index contributed by atoms with van der Waals surface area (Å²) in [5.74, 6) is 0.663. The number of hydrogen-bond donors (Lipinski definition) is 0. The Kier molecular flexibility index (Phi) is 5.04. The van der Waals surface area contributed by atoms with Crippen LogP contribution in [0.15, 0.2) is 46.0 Å². The summed E-state index contributed by atoms with van der Waals surface area (Å²) in [5, 5.41) is 2.38. The predicted octanol–water partition coefficient (Wildman–Crippen LogP) is 3.10. The van der Waals surface area contributed by atoms with Gasteiger partial charge < -0.3 is 4.74 Å². The smallest absolute Gasteiger partial charge is 0.252 e. The first-order valence-electron chi connectivity index (χ1n) is 5.88. The van der Waals surface area contributed by atoms with Crippen molar-refractivity contribution >= 4 is 33.0 Å². The fourth-order valence-corrected chi connectivity index (χ4v) is 3.99. The van der Waals surface area contributed by atoms with Gasteiger partial charge in [0.1, 0.15) is 16.6 Å². The van der Waals surface area contributed by atoms with Crippen LogP contribution in [0.25, 0.3) is 0 Å². The molecule has 4 nitrogen and oxygen atoms in total. The number of likely N-dealkylation sites (N-methyl/N-ethyl adjacent to an activating group) is 1. The summed E-state index contributed by atoms with van der Waals surface area (Å²) in [4.78, 5) is 0. The minimum Gasteiger partial charge on any atom is -0.492 e. The minimum absolute atomic E-state index is 0.280. The molecule has 0 bridgehead atoms. The Morgan fingerprint density at radius 3 is 2.55 bits per heavy atom. The van der Waals surface area contributed by atoms with Gasteiger partial charge in [0, 0.05) is 18.6 Å². The average Bonchev–Trinajstić information content (AvgIpc) is 2.95. The van der Waals surface area contributed by atoms with E-state index in [4.69, 9.17) is 16.3 Å². The number of ether oxygens (including phenoxy) is 1. The molecule has 0 radical (unpaired) electrons. The van der Waals surface area contributed by atoms with Crippen molar-refractivity contribution in [3.05, 3.63) is 46.8 Å². The Labute approximate surface area is 127 Å². The van der Waals surface area contributed by atoms with Crippen LogP contribution < -0.4 is 4.74 Å². The van der Waals surface area contributed by atoms with Gasteiger partial charge in [0.25, 0.3) is 10.0 Å². The lowest BCUT2D eigenvalue weighted by atomic mass is 10.3. The highest BCUT2D eigenvalue weighted by molar-refractivity contribution is 7.91. The van der Waals surface area contributed by atoms with Gasteiger partial charge in [-0.3, -0.25) is 0 Å². The lowest BCUT2D eigenvalue weighted by Crippen LogP contribution is -2.30. The Morgan fingerprint density at radius 2 is 1.95 bits per heavy atom. The van der Waals surface area contributed by atoms with E-state index >= 15 is 0 Å². The molecule has 0 saturated heterocycles. The molecule has 0 aliphatic heterocycles. The fourth-order valence-electron chi connectivity index (χ4n) is 1.51. The van der Waals surface area contributed by atoms with Gasteiger partial charge in [0.2, 0.25) is 0 Å². The largest absolute Gasteiger partial charge is 0.492 e. The third kappa shape index (κ3) is 3.73. The Balaban J connectivity index is 1.89. The molecular weight excluding hydrogens is 318 g/mol. The van der Waals surface area contributed by atoms with Crippen LogP contribution in [0, 0.1) is 0 Å². The van der Waals surface area contributed by atoms with Gasteiger partial charge in [-0.05, 0) is 35.7 Å². The van der Waals surface area contributed by atoms with E-state index in [0.29, 0.717) is 15.0 Å². The highest BCUT2D eigenvalue weighted by Gasteiger charge is 2.21. The number of halogens is 1. The normalized spacial score (nSPS) is 11.8.